The van der Waals surface area contributed by atoms with Crippen LogP contribution in [0.15, 0.2) is 54.6 Å². The van der Waals surface area contributed by atoms with Gasteiger partial charge < -0.3 is 0 Å². The molecule has 2 nitrogen and oxygen atoms in total. The first-order valence-corrected chi connectivity index (χ1v) is 9.02. The molecule has 1 saturated heterocycles. The van der Waals surface area contributed by atoms with Crippen LogP contribution in [0.5, 0.6) is 0 Å². The van der Waals surface area contributed by atoms with Gasteiger partial charge in [-0.05, 0) is 23.3 Å². The van der Waals surface area contributed by atoms with Crippen LogP contribution in [0.3, 0.4) is 0 Å². The molecule has 0 radical (unpaired) electrons. The fourth-order valence-electron chi connectivity index (χ4n) is 3.26. The van der Waals surface area contributed by atoms with Crippen LogP contribution in [0, 0.1) is 0 Å². The zero-order valence-corrected chi connectivity index (χ0v) is 17.1. The number of rotatable bonds is 5. The van der Waals surface area contributed by atoms with Crippen molar-refractivity contribution in [2.24, 2.45) is 0 Å². The van der Waals surface area contributed by atoms with Crippen molar-refractivity contribution in [3.8, 4) is 0 Å². The molecule has 25 heavy (non-hydrogen) atoms. The molecule has 1 atom stereocenters. The minimum atomic E-state index is 0. The van der Waals surface area contributed by atoms with Gasteiger partial charge in [0.05, 0.1) is 6.04 Å². The van der Waals surface area contributed by atoms with Crippen LogP contribution < -0.4 is 0 Å². The van der Waals surface area contributed by atoms with Crippen LogP contribution in [0.4, 0.5) is 0 Å². The van der Waals surface area contributed by atoms with E-state index >= 15 is 0 Å². The monoisotopic (exact) mass is 420 g/mol. The van der Waals surface area contributed by atoms with E-state index in [0.29, 0.717) is 5.88 Å². The van der Waals surface area contributed by atoms with Crippen LogP contribution in [0.2, 0.25) is 5.02 Å². The van der Waals surface area contributed by atoms with E-state index in [4.69, 9.17) is 23.2 Å². The Morgan fingerprint density at radius 1 is 0.800 bits per heavy atom. The van der Waals surface area contributed by atoms with E-state index in [-0.39, 0.29) is 30.9 Å². The molecule has 3 rings (SSSR count). The van der Waals surface area contributed by atoms with Gasteiger partial charge in [-0.3, -0.25) is 9.80 Å². The highest BCUT2D eigenvalue weighted by atomic mass is 35.5. The Balaban J connectivity index is 0.00000156. The normalized spacial score (nSPS) is 16.6. The first kappa shape index (κ1) is 22.6. The van der Waals surface area contributed by atoms with Crippen molar-refractivity contribution in [3.05, 3.63) is 70.7 Å². The Morgan fingerprint density at radius 2 is 1.36 bits per heavy atom. The zero-order chi connectivity index (χ0) is 16.1. The summed E-state index contributed by atoms with van der Waals surface area (Å²) in [6, 6.07) is 19.3. The number of nitrogens with zero attached hydrogens (tertiary/aromatic N) is 2. The molecular weight excluding hydrogens is 398 g/mol. The highest BCUT2D eigenvalue weighted by Crippen LogP contribution is 2.30. The maximum Gasteiger partial charge on any atom is 0.0602 e. The number of hydrogen-bond donors (Lipinski definition) is 0. The second-order valence-corrected chi connectivity index (χ2v) is 6.75. The SMILES string of the molecule is Cl.Cl.ClCCN1CCN(C(c2ccccc2)c2ccc(Cl)cc2)CC1. The molecule has 1 fully saturated rings. The van der Waals surface area contributed by atoms with E-state index in [1.54, 1.807) is 0 Å². The molecule has 2 aromatic carbocycles. The second-order valence-electron chi connectivity index (χ2n) is 5.93. The molecule has 0 bridgehead atoms. The van der Waals surface area contributed by atoms with Crippen LogP contribution in [-0.4, -0.2) is 48.4 Å². The maximum absolute atomic E-state index is 6.07. The van der Waals surface area contributed by atoms with Gasteiger partial charge in [0.25, 0.3) is 0 Å². The van der Waals surface area contributed by atoms with Crippen LogP contribution in [-0.2, 0) is 0 Å². The fourth-order valence-corrected chi connectivity index (χ4v) is 3.62. The maximum atomic E-state index is 6.07. The van der Waals surface area contributed by atoms with Gasteiger partial charge in [-0.1, -0.05) is 54.1 Å². The quantitative estimate of drug-likeness (QED) is 0.617. The number of alkyl halides is 1. The molecule has 1 aliphatic rings. The van der Waals surface area contributed by atoms with Gasteiger partial charge in [-0.25, -0.2) is 0 Å². The lowest BCUT2D eigenvalue weighted by Gasteiger charge is -2.39. The van der Waals surface area contributed by atoms with E-state index in [1.165, 1.54) is 11.1 Å². The van der Waals surface area contributed by atoms with Crippen molar-refractivity contribution < 1.29 is 0 Å². The summed E-state index contributed by atoms with van der Waals surface area (Å²) in [4.78, 5) is 5.00. The van der Waals surface area contributed by atoms with Gasteiger partial charge in [0.1, 0.15) is 0 Å². The number of hydrogen-bond acceptors (Lipinski definition) is 2. The summed E-state index contributed by atoms with van der Waals surface area (Å²) in [5.74, 6) is 0.708. The average molecular weight is 422 g/mol. The smallest absolute Gasteiger partial charge is 0.0602 e. The Bertz CT molecular complexity index is 599. The summed E-state index contributed by atoms with van der Waals surface area (Å²) in [5, 5.41) is 0.785. The molecule has 1 aliphatic heterocycles. The Labute approximate surface area is 172 Å². The second kappa shape index (κ2) is 11.3. The van der Waals surface area contributed by atoms with Crippen molar-refractivity contribution in [1.82, 2.24) is 9.80 Å². The molecule has 1 unspecified atom stereocenters. The van der Waals surface area contributed by atoms with Crippen molar-refractivity contribution in [1.29, 1.82) is 0 Å². The molecule has 0 amide bonds. The first-order chi connectivity index (χ1) is 11.3. The standard InChI is InChI=1S/C19H22Cl2N2.2ClH/c20-10-11-22-12-14-23(15-13-22)19(16-4-2-1-3-5-16)17-6-8-18(21)9-7-17;;/h1-9,19H,10-15H2;2*1H. The summed E-state index contributed by atoms with van der Waals surface area (Å²) >= 11 is 11.9. The van der Waals surface area contributed by atoms with E-state index in [2.05, 4.69) is 52.3 Å². The van der Waals surface area contributed by atoms with E-state index < -0.39 is 0 Å². The highest BCUT2D eigenvalue weighted by molar-refractivity contribution is 6.30. The van der Waals surface area contributed by atoms with Crippen molar-refractivity contribution in [2.75, 3.05) is 38.6 Å². The third-order valence-electron chi connectivity index (χ3n) is 4.47. The lowest BCUT2D eigenvalue weighted by molar-refractivity contribution is 0.114. The summed E-state index contributed by atoms with van der Waals surface area (Å²) in [7, 11) is 0. The van der Waals surface area contributed by atoms with Gasteiger partial charge in [0.2, 0.25) is 0 Å². The number of halogens is 4. The van der Waals surface area contributed by atoms with Crippen LogP contribution in [0.25, 0.3) is 0 Å². The van der Waals surface area contributed by atoms with Crippen molar-refractivity contribution >= 4 is 48.0 Å². The van der Waals surface area contributed by atoms with E-state index in [1.807, 2.05) is 12.1 Å². The lowest BCUT2D eigenvalue weighted by atomic mass is 9.96. The predicted molar refractivity (Wildman–Crippen MR) is 113 cm³/mol. The molecule has 0 saturated carbocycles. The molecular formula is C19H24Cl4N2. The van der Waals surface area contributed by atoms with Crippen LogP contribution in [0.1, 0.15) is 17.2 Å². The van der Waals surface area contributed by atoms with Crippen LogP contribution >= 0.6 is 48.0 Å². The molecule has 138 valence electrons. The third-order valence-corrected chi connectivity index (χ3v) is 4.89. The Kier molecular flexibility index (Phi) is 10.2. The van der Waals surface area contributed by atoms with Gasteiger partial charge in [-0.2, -0.15) is 0 Å². The average Bonchev–Trinajstić information content (AvgIpc) is 2.60. The molecule has 0 aliphatic carbocycles. The zero-order valence-electron chi connectivity index (χ0n) is 14.0. The first-order valence-electron chi connectivity index (χ1n) is 8.10. The van der Waals surface area contributed by atoms with Gasteiger partial charge in [-0.15, -0.1) is 36.4 Å². The van der Waals surface area contributed by atoms with Crippen molar-refractivity contribution in [3.63, 3.8) is 0 Å². The molecule has 1 heterocycles. The minimum Gasteiger partial charge on any atom is -0.300 e. The van der Waals surface area contributed by atoms with E-state index in [0.717, 1.165) is 37.7 Å². The summed E-state index contributed by atoms with van der Waals surface area (Å²) in [5.41, 5.74) is 2.63. The van der Waals surface area contributed by atoms with Gasteiger partial charge in [0.15, 0.2) is 0 Å². The number of piperazine rings is 1. The summed E-state index contributed by atoms with van der Waals surface area (Å²) in [6.07, 6.45) is 0. The topological polar surface area (TPSA) is 6.48 Å². The van der Waals surface area contributed by atoms with E-state index in [9.17, 15) is 0 Å². The van der Waals surface area contributed by atoms with Gasteiger partial charge in [0, 0.05) is 43.6 Å². The summed E-state index contributed by atoms with van der Waals surface area (Å²) < 4.78 is 0. The summed E-state index contributed by atoms with van der Waals surface area (Å²) in [6.45, 7) is 5.23. The number of benzene rings is 2. The minimum absolute atomic E-state index is 0. The predicted octanol–water partition coefficient (Wildman–Crippen LogP) is 5.13. The van der Waals surface area contributed by atoms with Crippen molar-refractivity contribution in [2.45, 2.75) is 6.04 Å². The molecule has 0 N–H and O–H groups in total. The highest BCUT2D eigenvalue weighted by Gasteiger charge is 2.26. The lowest BCUT2D eigenvalue weighted by Crippen LogP contribution is -2.48. The van der Waals surface area contributed by atoms with Gasteiger partial charge >= 0.3 is 0 Å². The molecule has 0 aromatic heterocycles. The largest absolute Gasteiger partial charge is 0.300 e. The molecule has 2 aromatic rings. The Hall–Kier alpha value is -0.480. The Morgan fingerprint density at radius 3 is 1.92 bits per heavy atom. The fraction of sp³-hybridized carbons (Fsp3) is 0.368. The molecule has 6 heteroatoms. The molecule has 0 spiro atoms. The third kappa shape index (κ3) is 6.02.